The highest BCUT2D eigenvalue weighted by molar-refractivity contribution is 6.00. The van der Waals surface area contributed by atoms with Gasteiger partial charge in [-0.25, -0.2) is 0 Å². The van der Waals surface area contributed by atoms with Gasteiger partial charge >= 0.3 is 0 Å². The van der Waals surface area contributed by atoms with E-state index in [2.05, 4.69) is 24.1 Å². The lowest BCUT2D eigenvalue weighted by atomic mass is 9.59. The number of ether oxygens (including phenoxy) is 1. The number of rotatable bonds is 7. The Morgan fingerprint density at radius 1 is 1.22 bits per heavy atom. The Kier molecular flexibility index (Phi) is 6.75. The van der Waals surface area contributed by atoms with Crippen molar-refractivity contribution in [2.24, 2.45) is 11.3 Å². The van der Waals surface area contributed by atoms with Crippen LogP contribution >= 0.6 is 0 Å². The number of aromatic hydroxyl groups is 1. The summed E-state index contributed by atoms with van der Waals surface area (Å²) in [6.45, 7) is 7.39. The van der Waals surface area contributed by atoms with E-state index in [1.54, 1.807) is 19.2 Å². The molecular formula is C30H37N3O4. The summed E-state index contributed by atoms with van der Waals surface area (Å²) >= 11 is 0. The predicted octanol–water partition coefficient (Wildman–Crippen LogP) is 4.73. The third-order valence-electron chi connectivity index (χ3n) is 8.27. The van der Waals surface area contributed by atoms with Crippen molar-refractivity contribution in [3.05, 3.63) is 59.3 Å². The van der Waals surface area contributed by atoms with Crippen LogP contribution in [0.1, 0.15) is 62.8 Å². The van der Waals surface area contributed by atoms with Gasteiger partial charge in [-0.1, -0.05) is 32.9 Å². The smallest absolute Gasteiger partial charge is 0.235 e. The molecule has 2 aromatic carbocycles. The van der Waals surface area contributed by atoms with Crippen molar-refractivity contribution in [2.75, 3.05) is 20.2 Å². The summed E-state index contributed by atoms with van der Waals surface area (Å²) in [5, 5.41) is 14.8. The molecule has 2 aliphatic rings. The highest BCUT2D eigenvalue weighted by Gasteiger charge is 2.54. The molecule has 1 fully saturated rings. The minimum atomic E-state index is -0.765. The Morgan fingerprint density at radius 3 is 2.76 bits per heavy atom. The number of benzene rings is 2. The van der Waals surface area contributed by atoms with Crippen molar-refractivity contribution >= 4 is 22.7 Å². The lowest BCUT2D eigenvalue weighted by molar-refractivity contribution is -0.151. The zero-order valence-corrected chi connectivity index (χ0v) is 22.1. The molecule has 2 heterocycles. The second-order valence-corrected chi connectivity index (χ2v) is 11.1. The van der Waals surface area contributed by atoms with Crippen LogP contribution in [0.4, 0.5) is 0 Å². The first kappa shape index (κ1) is 25.3. The van der Waals surface area contributed by atoms with Crippen molar-refractivity contribution in [2.45, 2.75) is 58.4 Å². The first-order valence-electron chi connectivity index (χ1n) is 13.3. The molecule has 1 unspecified atom stereocenters. The number of hydrogen-bond donors (Lipinski definition) is 3. The first-order valence-corrected chi connectivity index (χ1v) is 13.3. The third kappa shape index (κ3) is 4.50. The summed E-state index contributed by atoms with van der Waals surface area (Å²) in [6, 6.07) is 13.6. The standard InChI is InChI=1S/C30H37N3O4/c1-18(2)31-13-6-14-33-26(35)12-10-24-27(19-7-5-8-20(34)15-19)28-23(17-30(24,3)29(33)36)22-16-21(37-4)9-11-25(22)32-28/h5,7-9,11,15-16,18,24,27,31-32,34H,6,10,12-14,17H2,1-4H3/t24?,27-,30+/m0/s1. The fourth-order valence-corrected chi connectivity index (χ4v) is 6.42. The second kappa shape index (κ2) is 9.86. The van der Waals surface area contributed by atoms with Crippen LogP contribution in [-0.4, -0.2) is 53.0 Å². The third-order valence-corrected chi connectivity index (χ3v) is 8.27. The number of phenolic OH excluding ortho intramolecular Hbond substituents is 1. The number of H-pyrrole nitrogens is 1. The van der Waals surface area contributed by atoms with Crippen LogP contribution in [0, 0.1) is 11.3 Å². The van der Waals surface area contributed by atoms with Gasteiger partial charge in [0.05, 0.1) is 12.5 Å². The minimum absolute atomic E-state index is 0.0856. The predicted molar refractivity (Wildman–Crippen MR) is 144 cm³/mol. The van der Waals surface area contributed by atoms with Crippen LogP contribution in [0.5, 0.6) is 11.5 Å². The number of carbonyl (C=O) groups excluding carboxylic acids is 2. The first-order chi connectivity index (χ1) is 17.7. The molecular weight excluding hydrogens is 466 g/mol. The molecule has 3 N–H and O–H groups in total. The molecule has 7 heteroatoms. The number of likely N-dealkylation sites (tertiary alicyclic amines) is 1. The molecule has 3 atom stereocenters. The molecule has 1 aliphatic heterocycles. The van der Waals surface area contributed by atoms with Crippen molar-refractivity contribution < 1.29 is 19.4 Å². The van der Waals surface area contributed by atoms with Crippen LogP contribution in [0.2, 0.25) is 0 Å². The van der Waals surface area contributed by atoms with Gasteiger partial charge in [-0.05, 0) is 73.2 Å². The molecule has 1 aliphatic carbocycles. The normalized spacial score (nSPS) is 23.8. The molecule has 0 bridgehead atoms. The van der Waals surface area contributed by atoms with E-state index < -0.39 is 5.41 Å². The number of methoxy groups -OCH3 is 1. The van der Waals surface area contributed by atoms with E-state index in [1.807, 2.05) is 37.3 Å². The maximum Gasteiger partial charge on any atom is 0.235 e. The molecule has 1 aromatic heterocycles. The van der Waals surface area contributed by atoms with Gasteiger partial charge in [0, 0.05) is 41.5 Å². The van der Waals surface area contributed by atoms with E-state index in [0.29, 0.717) is 31.8 Å². The Hall–Kier alpha value is -3.32. The lowest BCUT2D eigenvalue weighted by Gasteiger charge is -2.45. The summed E-state index contributed by atoms with van der Waals surface area (Å²) in [4.78, 5) is 32.7. The fraction of sp³-hybridized carbons (Fsp3) is 0.467. The molecule has 196 valence electrons. The van der Waals surface area contributed by atoms with Gasteiger partial charge in [-0.15, -0.1) is 0 Å². The van der Waals surface area contributed by atoms with Crippen LogP contribution in [0.15, 0.2) is 42.5 Å². The Balaban J connectivity index is 1.61. The summed E-state index contributed by atoms with van der Waals surface area (Å²) in [5.41, 5.74) is 3.33. The van der Waals surface area contributed by atoms with Crippen molar-refractivity contribution in [1.82, 2.24) is 15.2 Å². The second-order valence-electron chi connectivity index (χ2n) is 11.1. The van der Waals surface area contributed by atoms with Crippen LogP contribution in [-0.2, 0) is 16.0 Å². The summed E-state index contributed by atoms with van der Waals surface area (Å²) in [5.74, 6) is 0.537. The zero-order chi connectivity index (χ0) is 26.3. The number of imide groups is 1. The number of amides is 2. The van der Waals surface area contributed by atoms with Crippen LogP contribution < -0.4 is 10.1 Å². The van der Waals surface area contributed by atoms with Crippen molar-refractivity contribution in [1.29, 1.82) is 0 Å². The van der Waals surface area contributed by atoms with Gasteiger partial charge in [0.1, 0.15) is 11.5 Å². The molecule has 0 radical (unpaired) electrons. The zero-order valence-electron chi connectivity index (χ0n) is 22.1. The Bertz CT molecular complexity index is 1330. The molecule has 3 aromatic rings. The number of nitrogens with zero attached hydrogens (tertiary/aromatic N) is 1. The average Bonchev–Trinajstić information content (AvgIpc) is 3.18. The quantitative estimate of drug-likeness (QED) is 0.320. The lowest BCUT2D eigenvalue weighted by Crippen LogP contribution is -2.51. The van der Waals surface area contributed by atoms with Crippen LogP contribution in [0.25, 0.3) is 10.9 Å². The van der Waals surface area contributed by atoms with E-state index >= 15 is 0 Å². The van der Waals surface area contributed by atoms with E-state index in [0.717, 1.165) is 46.4 Å². The van der Waals surface area contributed by atoms with Gasteiger partial charge in [-0.2, -0.15) is 0 Å². The largest absolute Gasteiger partial charge is 0.508 e. The summed E-state index contributed by atoms with van der Waals surface area (Å²) < 4.78 is 5.51. The van der Waals surface area contributed by atoms with E-state index in [1.165, 1.54) is 4.90 Å². The molecule has 37 heavy (non-hydrogen) atoms. The van der Waals surface area contributed by atoms with E-state index in [4.69, 9.17) is 4.74 Å². The van der Waals surface area contributed by atoms with Gasteiger partial charge in [-0.3, -0.25) is 14.5 Å². The maximum atomic E-state index is 14.3. The Labute approximate surface area is 218 Å². The summed E-state index contributed by atoms with van der Waals surface area (Å²) in [7, 11) is 1.65. The number of aromatic amines is 1. The molecule has 7 nitrogen and oxygen atoms in total. The number of aromatic nitrogens is 1. The number of carbonyl (C=O) groups is 2. The Morgan fingerprint density at radius 2 is 2.03 bits per heavy atom. The van der Waals surface area contributed by atoms with E-state index in [9.17, 15) is 14.7 Å². The van der Waals surface area contributed by atoms with E-state index in [-0.39, 0.29) is 29.4 Å². The number of phenols is 1. The van der Waals surface area contributed by atoms with Gasteiger partial charge < -0.3 is 20.1 Å². The highest BCUT2D eigenvalue weighted by Crippen LogP contribution is 2.55. The minimum Gasteiger partial charge on any atom is -0.508 e. The van der Waals surface area contributed by atoms with Crippen molar-refractivity contribution in [3.63, 3.8) is 0 Å². The topological polar surface area (TPSA) is 94.7 Å². The number of hydrogen-bond acceptors (Lipinski definition) is 5. The summed E-state index contributed by atoms with van der Waals surface area (Å²) in [6.07, 6.45) is 2.22. The van der Waals surface area contributed by atoms with Gasteiger partial charge in [0.15, 0.2) is 0 Å². The van der Waals surface area contributed by atoms with Gasteiger partial charge in [0.25, 0.3) is 0 Å². The molecule has 1 saturated heterocycles. The average molecular weight is 504 g/mol. The SMILES string of the molecule is COc1ccc2[nH]c3c(c2c1)C[C@@]1(C)C(=O)N(CCCNC(C)C)C(=O)CCC1[C@@H]3c1cccc(O)c1. The monoisotopic (exact) mass is 503 g/mol. The van der Waals surface area contributed by atoms with Gasteiger partial charge in [0.2, 0.25) is 11.8 Å². The van der Waals surface area contributed by atoms with Crippen LogP contribution in [0.3, 0.4) is 0 Å². The fourth-order valence-electron chi connectivity index (χ4n) is 6.42. The molecule has 5 rings (SSSR count). The molecule has 0 spiro atoms. The molecule has 2 amide bonds. The number of nitrogens with one attached hydrogen (secondary N) is 2. The van der Waals surface area contributed by atoms with Crippen molar-refractivity contribution in [3.8, 4) is 11.5 Å². The highest BCUT2D eigenvalue weighted by atomic mass is 16.5. The maximum absolute atomic E-state index is 14.3. The molecule has 0 saturated carbocycles. The number of fused-ring (bicyclic) bond motifs is 4.